The number of aliphatic carboxylic acids is 4. The van der Waals surface area contributed by atoms with Crippen LogP contribution in [0.4, 0.5) is 0 Å². The zero-order chi connectivity index (χ0) is 25.1. The number of carbonyl (C=O) groups is 4. The van der Waals surface area contributed by atoms with Gasteiger partial charge in [-0.15, -0.1) is 0 Å². The molecule has 2 atom stereocenters. The lowest BCUT2D eigenvalue weighted by Crippen LogP contribution is -2.52. The summed E-state index contributed by atoms with van der Waals surface area (Å²) in [6.45, 7) is -1.05. The lowest BCUT2D eigenvalue weighted by Gasteiger charge is -2.35. The van der Waals surface area contributed by atoms with Gasteiger partial charge in [0.15, 0.2) is 0 Å². The Bertz CT molecular complexity index is 630. The molecule has 0 saturated heterocycles. The van der Waals surface area contributed by atoms with Crippen LogP contribution >= 0.6 is 0 Å². The van der Waals surface area contributed by atoms with Gasteiger partial charge < -0.3 is 20.4 Å². The Morgan fingerprint density at radius 1 is 0.588 bits per heavy atom. The Kier molecular flexibility index (Phi) is 11.8. The summed E-state index contributed by atoms with van der Waals surface area (Å²) in [4.78, 5) is 49.9. The van der Waals surface area contributed by atoms with E-state index in [1.165, 1.54) is 9.80 Å². The van der Waals surface area contributed by atoms with Crippen molar-refractivity contribution in [1.29, 1.82) is 0 Å². The van der Waals surface area contributed by atoms with E-state index in [1.54, 1.807) is 0 Å². The third-order valence-electron chi connectivity index (χ3n) is 7.37. The molecule has 2 fully saturated rings. The van der Waals surface area contributed by atoms with Gasteiger partial charge in [0, 0.05) is 13.1 Å². The highest BCUT2D eigenvalue weighted by Crippen LogP contribution is 2.30. The molecule has 2 rings (SSSR count). The third kappa shape index (κ3) is 9.58. The van der Waals surface area contributed by atoms with Gasteiger partial charge in [0.25, 0.3) is 0 Å². The maximum absolute atomic E-state index is 12.1. The number of carboxylic acid groups (broad SMARTS) is 4. The van der Waals surface area contributed by atoms with Gasteiger partial charge in [-0.25, -0.2) is 0 Å². The molecule has 0 bridgehead atoms. The zero-order valence-electron chi connectivity index (χ0n) is 19.9. The summed E-state index contributed by atoms with van der Waals surface area (Å²) in [5.41, 5.74) is 0. The van der Waals surface area contributed by atoms with Crippen molar-refractivity contribution in [3.8, 4) is 0 Å². The number of hydrogen-bond donors (Lipinski definition) is 4. The first kappa shape index (κ1) is 28.0. The molecule has 0 amide bonds. The standard InChI is InChI=1S/C24H40N2O8/c27-21(28)15-25(19(23(31)32)13-17-7-3-1-4-8-17)11-12-26(16-22(29)30)20(24(33)34)14-18-9-5-2-6-10-18/h17-20H,1-16H2,(H,27,28)(H,29,30)(H,31,32)(H,33,34)/t19-,20-/m0/s1. The van der Waals surface area contributed by atoms with E-state index in [4.69, 9.17) is 0 Å². The van der Waals surface area contributed by atoms with Crippen molar-refractivity contribution in [1.82, 2.24) is 9.80 Å². The molecular formula is C24H40N2O8. The maximum atomic E-state index is 12.1. The Morgan fingerprint density at radius 3 is 1.18 bits per heavy atom. The molecule has 0 aromatic heterocycles. The number of rotatable bonds is 15. The smallest absolute Gasteiger partial charge is 0.320 e. The Hall–Kier alpha value is -2.20. The van der Waals surface area contributed by atoms with E-state index in [0.29, 0.717) is 12.8 Å². The molecule has 10 nitrogen and oxygen atoms in total. The van der Waals surface area contributed by atoms with Crippen molar-refractivity contribution in [2.75, 3.05) is 26.2 Å². The summed E-state index contributed by atoms with van der Waals surface area (Å²) in [6, 6.07) is -2.01. The number of nitrogens with zero attached hydrogens (tertiary/aromatic N) is 2. The Morgan fingerprint density at radius 2 is 0.912 bits per heavy atom. The van der Waals surface area contributed by atoms with Gasteiger partial charge in [-0.2, -0.15) is 0 Å². The molecule has 0 aromatic rings. The van der Waals surface area contributed by atoms with Crippen LogP contribution in [0.3, 0.4) is 0 Å². The van der Waals surface area contributed by atoms with Crippen LogP contribution in [0.5, 0.6) is 0 Å². The lowest BCUT2D eigenvalue weighted by molar-refractivity contribution is -0.151. The molecule has 0 radical (unpaired) electrons. The molecule has 0 spiro atoms. The molecular weight excluding hydrogens is 444 g/mol. The van der Waals surface area contributed by atoms with Gasteiger partial charge in [-0.3, -0.25) is 29.0 Å². The van der Waals surface area contributed by atoms with Crippen molar-refractivity contribution < 1.29 is 39.6 Å². The SMILES string of the molecule is O=C(O)CN(CCN(CC(=O)O)[C@@H](CC1CCCCC1)C(=O)O)[C@@H](CC1CCCCC1)C(=O)O. The summed E-state index contributed by atoms with van der Waals surface area (Å²) in [6.07, 6.45) is 10.7. The zero-order valence-corrected chi connectivity index (χ0v) is 19.9. The second-order valence-electron chi connectivity index (χ2n) is 9.92. The van der Waals surface area contributed by atoms with Crippen LogP contribution in [-0.2, 0) is 19.2 Å². The number of hydrogen-bond acceptors (Lipinski definition) is 6. The first-order chi connectivity index (χ1) is 16.2. The quantitative estimate of drug-likeness (QED) is 0.272. The first-order valence-corrected chi connectivity index (χ1v) is 12.5. The normalized spacial score (nSPS) is 19.7. The van der Waals surface area contributed by atoms with Crippen LogP contribution < -0.4 is 0 Å². The van der Waals surface area contributed by atoms with Crippen LogP contribution in [0, 0.1) is 11.8 Å². The fourth-order valence-electron chi connectivity index (χ4n) is 5.58. The van der Waals surface area contributed by atoms with Gasteiger partial charge >= 0.3 is 23.9 Å². The van der Waals surface area contributed by atoms with Crippen molar-refractivity contribution in [3.63, 3.8) is 0 Å². The fraction of sp³-hybridized carbons (Fsp3) is 0.833. The van der Waals surface area contributed by atoms with E-state index < -0.39 is 49.1 Å². The number of carboxylic acids is 4. The van der Waals surface area contributed by atoms with E-state index in [2.05, 4.69) is 0 Å². The van der Waals surface area contributed by atoms with Gasteiger partial charge in [0.05, 0.1) is 13.1 Å². The molecule has 2 saturated carbocycles. The summed E-state index contributed by atoms with van der Waals surface area (Å²) >= 11 is 0. The third-order valence-corrected chi connectivity index (χ3v) is 7.37. The van der Waals surface area contributed by atoms with E-state index in [1.807, 2.05) is 0 Å². The van der Waals surface area contributed by atoms with Crippen molar-refractivity contribution in [2.24, 2.45) is 11.8 Å². The minimum Gasteiger partial charge on any atom is -0.480 e. The minimum absolute atomic E-state index is 0.0300. The molecule has 0 heterocycles. The summed E-state index contributed by atoms with van der Waals surface area (Å²) in [5, 5.41) is 38.6. The summed E-state index contributed by atoms with van der Waals surface area (Å²) in [5.74, 6) is -4.13. The Labute approximate surface area is 200 Å². The van der Waals surface area contributed by atoms with E-state index in [-0.39, 0.29) is 24.9 Å². The van der Waals surface area contributed by atoms with Crippen LogP contribution in [0.2, 0.25) is 0 Å². The molecule has 4 N–H and O–H groups in total. The van der Waals surface area contributed by atoms with Crippen LogP contribution in [0.25, 0.3) is 0 Å². The highest BCUT2D eigenvalue weighted by Gasteiger charge is 2.34. The Balaban J connectivity index is 2.14. The molecule has 10 heteroatoms. The van der Waals surface area contributed by atoms with E-state index in [0.717, 1.165) is 64.2 Å². The molecule has 2 aliphatic rings. The average Bonchev–Trinajstić information content (AvgIpc) is 2.78. The predicted molar refractivity (Wildman–Crippen MR) is 124 cm³/mol. The van der Waals surface area contributed by atoms with Crippen LogP contribution in [0.1, 0.15) is 77.0 Å². The van der Waals surface area contributed by atoms with Gasteiger partial charge in [0.2, 0.25) is 0 Å². The maximum Gasteiger partial charge on any atom is 0.320 e. The summed E-state index contributed by atoms with van der Waals surface area (Å²) in [7, 11) is 0. The van der Waals surface area contributed by atoms with Crippen LogP contribution in [-0.4, -0.2) is 92.4 Å². The highest BCUT2D eigenvalue weighted by molar-refractivity contribution is 5.76. The minimum atomic E-state index is -1.17. The molecule has 194 valence electrons. The van der Waals surface area contributed by atoms with Crippen molar-refractivity contribution in [2.45, 2.75) is 89.1 Å². The molecule has 0 unspecified atom stereocenters. The molecule has 0 aliphatic heterocycles. The molecule has 34 heavy (non-hydrogen) atoms. The van der Waals surface area contributed by atoms with Crippen LogP contribution in [0.15, 0.2) is 0 Å². The second-order valence-corrected chi connectivity index (χ2v) is 9.92. The van der Waals surface area contributed by atoms with Gasteiger partial charge in [0.1, 0.15) is 12.1 Å². The highest BCUT2D eigenvalue weighted by atomic mass is 16.4. The topological polar surface area (TPSA) is 156 Å². The van der Waals surface area contributed by atoms with Gasteiger partial charge in [-0.05, 0) is 24.7 Å². The fourth-order valence-corrected chi connectivity index (χ4v) is 5.58. The largest absolute Gasteiger partial charge is 0.480 e. The van der Waals surface area contributed by atoms with E-state index in [9.17, 15) is 39.6 Å². The second kappa shape index (κ2) is 14.3. The average molecular weight is 485 g/mol. The molecule has 0 aromatic carbocycles. The monoisotopic (exact) mass is 484 g/mol. The van der Waals surface area contributed by atoms with Crippen molar-refractivity contribution in [3.05, 3.63) is 0 Å². The summed E-state index contributed by atoms with van der Waals surface area (Å²) < 4.78 is 0. The lowest BCUT2D eigenvalue weighted by atomic mass is 9.84. The van der Waals surface area contributed by atoms with E-state index >= 15 is 0 Å². The first-order valence-electron chi connectivity index (χ1n) is 12.5. The van der Waals surface area contributed by atoms with Gasteiger partial charge in [-0.1, -0.05) is 64.2 Å². The van der Waals surface area contributed by atoms with Crippen molar-refractivity contribution >= 4 is 23.9 Å². The molecule has 2 aliphatic carbocycles. The predicted octanol–water partition coefficient (Wildman–Crippen LogP) is 2.61.